The molecule has 0 radical (unpaired) electrons. The molecule has 0 aliphatic heterocycles. The van der Waals surface area contributed by atoms with Crippen LogP contribution >= 0.6 is 0 Å². The lowest BCUT2D eigenvalue weighted by Crippen LogP contribution is -2.48. The first kappa shape index (κ1) is 21.4. The third kappa shape index (κ3) is 4.88. The van der Waals surface area contributed by atoms with Gasteiger partial charge in [-0.1, -0.05) is 44.2 Å². The van der Waals surface area contributed by atoms with Gasteiger partial charge in [0.2, 0.25) is 11.8 Å². The maximum atomic E-state index is 13.0. The average molecular weight is 430 g/mol. The minimum Gasteiger partial charge on any atom is -0.361 e. The van der Waals surface area contributed by atoms with Crippen LogP contribution in [-0.4, -0.2) is 32.6 Å². The van der Waals surface area contributed by atoms with E-state index in [1.54, 1.807) is 10.9 Å². The summed E-state index contributed by atoms with van der Waals surface area (Å²) in [4.78, 5) is 28.6. The van der Waals surface area contributed by atoms with Gasteiger partial charge in [0.15, 0.2) is 0 Å². The fraction of sp³-hybridized carbons (Fsp3) is 0.240. The van der Waals surface area contributed by atoms with E-state index in [4.69, 9.17) is 0 Å². The van der Waals surface area contributed by atoms with Crippen molar-refractivity contribution in [1.29, 1.82) is 0 Å². The summed E-state index contributed by atoms with van der Waals surface area (Å²) >= 11 is 0. The van der Waals surface area contributed by atoms with E-state index < -0.39 is 6.04 Å². The lowest BCUT2D eigenvalue weighted by molar-refractivity contribution is -0.130. The van der Waals surface area contributed by atoms with E-state index in [0.29, 0.717) is 13.0 Å². The zero-order chi connectivity index (χ0) is 22.5. The molecule has 1 unspecified atom stereocenters. The highest BCUT2D eigenvalue weighted by Crippen LogP contribution is 2.19. The maximum Gasteiger partial charge on any atom is 0.243 e. The van der Waals surface area contributed by atoms with E-state index in [1.807, 2.05) is 80.8 Å². The van der Waals surface area contributed by atoms with Crippen LogP contribution in [0, 0.1) is 5.92 Å². The largest absolute Gasteiger partial charge is 0.361 e. The van der Waals surface area contributed by atoms with Gasteiger partial charge in [-0.3, -0.25) is 9.59 Å². The Balaban J connectivity index is 1.45. The van der Waals surface area contributed by atoms with E-state index in [2.05, 4.69) is 20.7 Å². The van der Waals surface area contributed by atoms with Gasteiger partial charge >= 0.3 is 0 Å². The topological polar surface area (TPSA) is 91.8 Å². The number of nitrogens with one attached hydrogen (secondary N) is 3. The number of carbonyl (C=O) groups is 2. The summed E-state index contributed by atoms with van der Waals surface area (Å²) in [6.45, 7) is 4.01. The zero-order valence-electron chi connectivity index (χ0n) is 18.2. The van der Waals surface area contributed by atoms with Crippen molar-refractivity contribution in [3.63, 3.8) is 0 Å². The predicted octanol–water partition coefficient (Wildman–Crippen LogP) is 3.35. The highest BCUT2D eigenvalue weighted by molar-refractivity contribution is 5.90. The van der Waals surface area contributed by atoms with Crippen molar-refractivity contribution in [2.45, 2.75) is 32.9 Å². The predicted molar refractivity (Wildman–Crippen MR) is 124 cm³/mol. The molecule has 2 aromatic heterocycles. The molecular formula is C25H27N5O2. The minimum atomic E-state index is -0.660. The van der Waals surface area contributed by atoms with Crippen LogP contribution in [0.15, 0.2) is 73.2 Å². The summed E-state index contributed by atoms with van der Waals surface area (Å²) in [5.41, 5.74) is 3.92. The number of hydrogen-bond donors (Lipinski definition) is 3. The molecule has 0 saturated carbocycles. The Bertz CT molecular complexity index is 1190. The molecule has 2 heterocycles. The molecule has 4 rings (SSSR count). The molecule has 0 aliphatic rings. The number of para-hydroxylation sites is 1. The maximum absolute atomic E-state index is 13.0. The molecule has 7 heteroatoms. The zero-order valence-corrected chi connectivity index (χ0v) is 18.2. The molecule has 0 saturated heterocycles. The Morgan fingerprint density at radius 1 is 1.03 bits per heavy atom. The Hall–Kier alpha value is -3.87. The summed E-state index contributed by atoms with van der Waals surface area (Å²) in [6, 6.07) is 17.0. The van der Waals surface area contributed by atoms with Crippen molar-refractivity contribution >= 4 is 22.7 Å². The van der Waals surface area contributed by atoms with E-state index in [9.17, 15) is 9.59 Å². The number of fused-ring (bicyclic) bond motifs is 1. The summed E-state index contributed by atoms with van der Waals surface area (Å²) < 4.78 is 1.78. The lowest BCUT2D eigenvalue weighted by Gasteiger charge is -2.20. The van der Waals surface area contributed by atoms with Gasteiger partial charge < -0.3 is 15.6 Å². The van der Waals surface area contributed by atoms with E-state index in [-0.39, 0.29) is 17.7 Å². The third-order valence-electron chi connectivity index (χ3n) is 5.43. The van der Waals surface area contributed by atoms with Gasteiger partial charge in [0.25, 0.3) is 0 Å². The Morgan fingerprint density at radius 2 is 1.81 bits per heavy atom. The molecule has 7 nitrogen and oxygen atoms in total. The second-order valence-electron chi connectivity index (χ2n) is 8.11. The Labute approximate surface area is 186 Å². The summed E-state index contributed by atoms with van der Waals surface area (Å²) in [5, 5.41) is 11.1. The second-order valence-corrected chi connectivity index (χ2v) is 8.11. The first-order valence-corrected chi connectivity index (χ1v) is 10.7. The van der Waals surface area contributed by atoms with Crippen LogP contribution in [0.4, 0.5) is 0 Å². The van der Waals surface area contributed by atoms with Crippen LogP contribution in [0.5, 0.6) is 0 Å². The molecule has 0 aliphatic carbocycles. The van der Waals surface area contributed by atoms with Gasteiger partial charge in [-0.25, -0.2) is 4.68 Å². The molecular weight excluding hydrogens is 402 g/mol. The van der Waals surface area contributed by atoms with Crippen molar-refractivity contribution in [2.24, 2.45) is 5.92 Å². The molecule has 0 fully saturated rings. The smallest absolute Gasteiger partial charge is 0.243 e. The number of aromatic amines is 1. The van der Waals surface area contributed by atoms with Crippen LogP contribution in [0.1, 0.15) is 25.0 Å². The number of hydrogen-bond acceptors (Lipinski definition) is 3. The molecule has 1 atom stereocenters. The molecule has 3 N–H and O–H groups in total. The van der Waals surface area contributed by atoms with Crippen LogP contribution in [0.2, 0.25) is 0 Å². The first-order chi connectivity index (χ1) is 15.5. The van der Waals surface area contributed by atoms with Crippen LogP contribution < -0.4 is 10.6 Å². The highest BCUT2D eigenvalue weighted by Gasteiger charge is 2.23. The Kier molecular flexibility index (Phi) is 6.35. The van der Waals surface area contributed by atoms with Gasteiger partial charge in [-0.15, -0.1) is 0 Å². The van der Waals surface area contributed by atoms with Gasteiger partial charge in [0.05, 0.1) is 5.69 Å². The molecule has 164 valence electrons. The standard InChI is InChI=1S/C25H27N5O2/c1-17(2)24(31)29-23(14-19-16-26-22-7-4-3-6-21(19)22)25(32)27-15-18-8-10-20(11-9-18)30-13-5-12-28-30/h3-13,16-17,23,26H,14-15H2,1-2H3,(H,27,32)(H,29,31). The molecule has 2 amide bonds. The fourth-order valence-electron chi connectivity index (χ4n) is 3.57. The SMILES string of the molecule is CC(C)C(=O)NC(Cc1c[nH]c2ccccc12)C(=O)NCc1ccc(-n2cccn2)cc1. The fourth-order valence-corrected chi connectivity index (χ4v) is 3.57. The summed E-state index contributed by atoms with van der Waals surface area (Å²) in [7, 11) is 0. The Morgan fingerprint density at radius 3 is 2.53 bits per heavy atom. The highest BCUT2D eigenvalue weighted by atomic mass is 16.2. The summed E-state index contributed by atoms with van der Waals surface area (Å²) in [5.74, 6) is -0.558. The van der Waals surface area contributed by atoms with Crippen LogP contribution in [0.3, 0.4) is 0 Å². The van der Waals surface area contributed by atoms with Crippen LogP contribution in [-0.2, 0) is 22.6 Å². The van der Waals surface area contributed by atoms with E-state index >= 15 is 0 Å². The summed E-state index contributed by atoms with van der Waals surface area (Å²) in [6.07, 6.45) is 5.92. The molecule has 2 aromatic carbocycles. The molecule has 32 heavy (non-hydrogen) atoms. The van der Waals surface area contributed by atoms with Crippen molar-refractivity contribution in [1.82, 2.24) is 25.4 Å². The lowest BCUT2D eigenvalue weighted by atomic mass is 10.0. The normalized spacial score (nSPS) is 12.1. The monoisotopic (exact) mass is 429 g/mol. The number of nitrogens with zero attached hydrogens (tertiary/aromatic N) is 2. The average Bonchev–Trinajstić information content (AvgIpc) is 3.48. The second kappa shape index (κ2) is 9.51. The number of rotatable bonds is 8. The number of amides is 2. The van der Waals surface area contributed by atoms with E-state index in [1.165, 1.54) is 0 Å². The van der Waals surface area contributed by atoms with Gasteiger partial charge in [-0.2, -0.15) is 5.10 Å². The van der Waals surface area contributed by atoms with Crippen molar-refractivity contribution < 1.29 is 9.59 Å². The van der Waals surface area contributed by atoms with Crippen molar-refractivity contribution in [2.75, 3.05) is 0 Å². The number of benzene rings is 2. The number of H-pyrrole nitrogens is 1. The third-order valence-corrected chi connectivity index (χ3v) is 5.43. The van der Waals surface area contributed by atoms with Gasteiger partial charge in [-0.05, 0) is 35.4 Å². The first-order valence-electron chi connectivity index (χ1n) is 10.7. The molecule has 4 aromatic rings. The quantitative estimate of drug-likeness (QED) is 0.401. The minimum absolute atomic E-state index is 0.145. The number of carbonyl (C=O) groups excluding carboxylic acids is 2. The van der Waals surface area contributed by atoms with E-state index in [0.717, 1.165) is 27.7 Å². The van der Waals surface area contributed by atoms with Crippen molar-refractivity contribution in [3.05, 3.63) is 84.3 Å². The van der Waals surface area contributed by atoms with Crippen LogP contribution in [0.25, 0.3) is 16.6 Å². The molecule has 0 spiro atoms. The van der Waals surface area contributed by atoms with Gasteiger partial charge in [0, 0.05) is 48.4 Å². The molecule has 0 bridgehead atoms. The van der Waals surface area contributed by atoms with Crippen molar-refractivity contribution in [3.8, 4) is 5.69 Å². The van der Waals surface area contributed by atoms with Gasteiger partial charge in [0.1, 0.15) is 6.04 Å². The number of aromatic nitrogens is 3.